The van der Waals surface area contributed by atoms with Crippen molar-refractivity contribution < 1.29 is 4.79 Å². The van der Waals surface area contributed by atoms with Crippen molar-refractivity contribution in [1.82, 2.24) is 35.0 Å². The fraction of sp³-hybridized carbons (Fsp3) is 0.200. The number of aromatic nitrogens is 6. The van der Waals surface area contributed by atoms with E-state index in [2.05, 4.69) is 30.5 Å². The molecule has 3 aromatic heterocycles. The fourth-order valence-electron chi connectivity index (χ4n) is 1.99. The first-order chi connectivity index (χ1) is 11.3. The standard InChI is InChI=1S/C15H15N7O/c23-15(17-5-2-6-22-10-20-21-11-22)13-8-18-14(19-9-13)12-3-1-4-16-7-12/h1,3-4,7-11H,2,5-6H2,(H,17,23). The molecule has 1 N–H and O–H groups in total. The monoisotopic (exact) mass is 309 g/mol. The lowest BCUT2D eigenvalue weighted by molar-refractivity contribution is 0.0952. The van der Waals surface area contributed by atoms with Crippen molar-refractivity contribution >= 4 is 5.91 Å². The minimum absolute atomic E-state index is 0.188. The first kappa shape index (κ1) is 14.8. The van der Waals surface area contributed by atoms with Gasteiger partial charge in [0.15, 0.2) is 5.82 Å². The minimum Gasteiger partial charge on any atom is -0.352 e. The van der Waals surface area contributed by atoms with Gasteiger partial charge in [0.25, 0.3) is 5.91 Å². The Morgan fingerprint density at radius 1 is 1.13 bits per heavy atom. The molecule has 0 aromatic carbocycles. The molecule has 0 atom stereocenters. The number of nitrogens with one attached hydrogen (secondary N) is 1. The summed E-state index contributed by atoms with van der Waals surface area (Å²) in [5, 5.41) is 10.3. The van der Waals surface area contributed by atoms with Crippen LogP contribution in [0.3, 0.4) is 0 Å². The van der Waals surface area contributed by atoms with Gasteiger partial charge in [-0.05, 0) is 18.6 Å². The molecule has 0 saturated carbocycles. The lowest BCUT2D eigenvalue weighted by atomic mass is 10.2. The molecule has 116 valence electrons. The van der Waals surface area contributed by atoms with Crippen molar-refractivity contribution in [3.63, 3.8) is 0 Å². The summed E-state index contributed by atoms with van der Waals surface area (Å²) in [7, 11) is 0. The van der Waals surface area contributed by atoms with Crippen molar-refractivity contribution in [2.45, 2.75) is 13.0 Å². The van der Waals surface area contributed by atoms with Crippen molar-refractivity contribution in [3.05, 3.63) is 55.1 Å². The van der Waals surface area contributed by atoms with Crippen molar-refractivity contribution in [1.29, 1.82) is 0 Å². The van der Waals surface area contributed by atoms with Crippen LogP contribution in [-0.2, 0) is 6.54 Å². The molecule has 0 spiro atoms. The molecule has 8 nitrogen and oxygen atoms in total. The Balaban J connectivity index is 1.51. The summed E-state index contributed by atoms with van der Waals surface area (Å²) in [6.07, 6.45) is 10.5. The predicted octanol–water partition coefficient (Wildman–Crippen LogP) is 0.950. The Morgan fingerprint density at radius 2 is 1.91 bits per heavy atom. The van der Waals surface area contributed by atoms with E-state index in [0.717, 1.165) is 18.5 Å². The molecule has 3 aromatic rings. The van der Waals surface area contributed by atoms with Crippen LogP contribution >= 0.6 is 0 Å². The third-order valence-corrected chi connectivity index (χ3v) is 3.18. The summed E-state index contributed by atoms with van der Waals surface area (Å²) in [6, 6.07) is 3.68. The lowest BCUT2D eigenvalue weighted by Gasteiger charge is -2.05. The smallest absolute Gasteiger partial charge is 0.254 e. The van der Waals surface area contributed by atoms with Gasteiger partial charge in [-0.2, -0.15) is 0 Å². The molecule has 0 unspecified atom stereocenters. The van der Waals surface area contributed by atoms with Crippen molar-refractivity contribution in [2.24, 2.45) is 0 Å². The Hall–Kier alpha value is -3.16. The van der Waals surface area contributed by atoms with E-state index in [4.69, 9.17) is 0 Å². The molecule has 0 aliphatic heterocycles. The molecule has 23 heavy (non-hydrogen) atoms. The maximum atomic E-state index is 12.0. The van der Waals surface area contributed by atoms with Crippen LogP contribution < -0.4 is 5.32 Å². The van der Waals surface area contributed by atoms with Gasteiger partial charge in [0.2, 0.25) is 0 Å². The highest BCUT2D eigenvalue weighted by Crippen LogP contribution is 2.11. The van der Waals surface area contributed by atoms with Gasteiger partial charge in [0.05, 0.1) is 5.56 Å². The Morgan fingerprint density at radius 3 is 2.61 bits per heavy atom. The van der Waals surface area contributed by atoms with Crippen LogP contribution in [0.5, 0.6) is 0 Å². The number of amides is 1. The first-order valence-corrected chi connectivity index (χ1v) is 7.16. The zero-order valence-electron chi connectivity index (χ0n) is 12.3. The number of hydrogen-bond donors (Lipinski definition) is 1. The highest BCUT2D eigenvalue weighted by Gasteiger charge is 2.07. The summed E-state index contributed by atoms with van der Waals surface area (Å²) in [5.41, 5.74) is 1.25. The molecule has 0 fully saturated rings. The molecule has 3 rings (SSSR count). The van der Waals surface area contributed by atoms with E-state index < -0.39 is 0 Å². The highest BCUT2D eigenvalue weighted by molar-refractivity contribution is 5.93. The molecule has 0 saturated heterocycles. The zero-order valence-corrected chi connectivity index (χ0v) is 12.3. The molecular formula is C15H15N7O. The van der Waals surface area contributed by atoms with Gasteiger partial charge >= 0.3 is 0 Å². The number of hydrogen-bond acceptors (Lipinski definition) is 6. The van der Waals surface area contributed by atoms with Crippen LogP contribution in [0.4, 0.5) is 0 Å². The SMILES string of the molecule is O=C(NCCCn1cnnc1)c1cnc(-c2cccnc2)nc1. The molecule has 3 heterocycles. The van der Waals surface area contributed by atoms with Gasteiger partial charge in [-0.15, -0.1) is 10.2 Å². The van der Waals surface area contributed by atoms with Crippen LogP contribution in [-0.4, -0.2) is 42.2 Å². The van der Waals surface area contributed by atoms with Gasteiger partial charge in [-0.3, -0.25) is 9.78 Å². The van der Waals surface area contributed by atoms with E-state index in [1.807, 2.05) is 16.7 Å². The van der Waals surface area contributed by atoms with E-state index in [-0.39, 0.29) is 5.91 Å². The van der Waals surface area contributed by atoms with E-state index in [1.165, 1.54) is 12.4 Å². The summed E-state index contributed by atoms with van der Waals surface area (Å²) in [5.74, 6) is 0.355. The maximum absolute atomic E-state index is 12.0. The Bertz CT molecular complexity index is 741. The van der Waals surface area contributed by atoms with Crippen LogP contribution in [0.25, 0.3) is 11.4 Å². The van der Waals surface area contributed by atoms with E-state index in [0.29, 0.717) is 17.9 Å². The van der Waals surface area contributed by atoms with Gasteiger partial charge < -0.3 is 9.88 Å². The molecule has 0 aliphatic rings. The van der Waals surface area contributed by atoms with Crippen molar-refractivity contribution in [3.8, 4) is 11.4 Å². The molecule has 0 radical (unpaired) electrons. The van der Waals surface area contributed by atoms with Gasteiger partial charge in [-0.1, -0.05) is 0 Å². The van der Waals surface area contributed by atoms with Crippen LogP contribution in [0.15, 0.2) is 49.6 Å². The minimum atomic E-state index is -0.188. The summed E-state index contributed by atoms with van der Waals surface area (Å²) >= 11 is 0. The maximum Gasteiger partial charge on any atom is 0.254 e. The average molecular weight is 309 g/mol. The van der Waals surface area contributed by atoms with Gasteiger partial charge in [0, 0.05) is 43.4 Å². The quantitative estimate of drug-likeness (QED) is 0.681. The van der Waals surface area contributed by atoms with E-state index in [1.54, 1.807) is 25.0 Å². The van der Waals surface area contributed by atoms with Crippen LogP contribution in [0, 0.1) is 0 Å². The number of carbonyl (C=O) groups excluding carboxylic acids is 1. The summed E-state index contributed by atoms with van der Waals surface area (Å²) in [4.78, 5) is 24.5. The Kier molecular flexibility index (Phi) is 4.63. The number of rotatable bonds is 6. The average Bonchev–Trinajstić information content (AvgIpc) is 3.13. The van der Waals surface area contributed by atoms with Crippen LogP contribution in [0.2, 0.25) is 0 Å². The third-order valence-electron chi connectivity index (χ3n) is 3.18. The van der Waals surface area contributed by atoms with E-state index >= 15 is 0 Å². The number of aryl methyl sites for hydroxylation is 1. The zero-order chi connectivity index (χ0) is 15.9. The Labute approximate surface area is 132 Å². The summed E-state index contributed by atoms with van der Waals surface area (Å²) in [6.45, 7) is 1.31. The first-order valence-electron chi connectivity index (χ1n) is 7.16. The molecule has 0 bridgehead atoms. The number of nitrogens with zero attached hydrogens (tertiary/aromatic N) is 6. The fourth-order valence-corrected chi connectivity index (χ4v) is 1.99. The lowest BCUT2D eigenvalue weighted by Crippen LogP contribution is -2.25. The molecular weight excluding hydrogens is 294 g/mol. The molecule has 1 amide bonds. The number of pyridine rings is 1. The van der Waals surface area contributed by atoms with Gasteiger partial charge in [0.1, 0.15) is 12.7 Å². The summed E-state index contributed by atoms with van der Waals surface area (Å²) < 4.78 is 1.86. The van der Waals surface area contributed by atoms with Gasteiger partial charge in [-0.25, -0.2) is 9.97 Å². The molecule has 0 aliphatic carbocycles. The van der Waals surface area contributed by atoms with Crippen molar-refractivity contribution in [2.75, 3.05) is 6.54 Å². The predicted molar refractivity (Wildman–Crippen MR) is 82.2 cm³/mol. The van der Waals surface area contributed by atoms with Crippen LogP contribution in [0.1, 0.15) is 16.8 Å². The topological polar surface area (TPSA) is 98.5 Å². The second-order valence-electron chi connectivity index (χ2n) is 4.85. The largest absolute Gasteiger partial charge is 0.352 e. The second kappa shape index (κ2) is 7.21. The third kappa shape index (κ3) is 3.94. The second-order valence-corrected chi connectivity index (χ2v) is 4.85. The molecule has 8 heteroatoms. The highest BCUT2D eigenvalue weighted by atomic mass is 16.1. The normalized spacial score (nSPS) is 10.4. The number of carbonyl (C=O) groups is 1. The van der Waals surface area contributed by atoms with E-state index in [9.17, 15) is 4.79 Å².